The molecule has 0 saturated carbocycles. The van der Waals surface area contributed by atoms with E-state index in [1.807, 2.05) is 44.2 Å². The SMILES string of the molecule is CC(C)CNC(=O)C(Cc1ccccc1)N(Cc1ccc(Cl)c(Cl)c1)C(=O)CN(c1ccc2c(c1)OCO2)S(C)(=O)=O. The van der Waals surface area contributed by atoms with Crippen LogP contribution >= 0.6 is 23.2 Å². The van der Waals surface area contributed by atoms with E-state index in [0.717, 1.165) is 16.1 Å². The van der Waals surface area contributed by atoms with Gasteiger partial charge in [0, 0.05) is 25.6 Å². The van der Waals surface area contributed by atoms with Crippen LogP contribution in [-0.4, -0.2) is 57.3 Å². The van der Waals surface area contributed by atoms with E-state index < -0.39 is 28.5 Å². The van der Waals surface area contributed by atoms with Gasteiger partial charge < -0.3 is 19.7 Å². The summed E-state index contributed by atoms with van der Waals surface area (Å²) in [7, 11) is -3.93. The van der Waals surface area contributed by atoms with Crippen molar-refractivity contribution in [2.45, 2.75) is 32.9 Å². The highest BCUT2D eigenvalue weighted by Gasteiger charge is 2.33. The van der Waals surface area contributed by atoms with E-state index in [1.165, 1.54) is 11.0 Å². The van der Waals surface area contributed by atoms with Crippen LogP contribution in [0, 0.1) is 5.92 Å². The van der Waals surface area contributed by atoms with Crippen molar-refractivity contribution in [3.63, 3.8) is 0 Å². The Labute approximate surface area is 256 Å². The molecule has 2 amide bonds. The van der Waals surface area contributed by atoms with Gasteiger partial charge in [0.1, 0.15) is 12.6 Å². The van der Waals surface area contributed by atoms with Crippen LogP contribution in [0.4, 0.5) is 5.69 Å². The molecule has 0 aromatic heterocycles. The lowest BCUT2D eigenvalue weighted by molar-refractivity contribution is -0.140. The topological polar surface area (TPSA) is 105 Å². The molecule has 1 heterocycles. The van der Waals surface area contributed by atoms with Gasteiger partial charge in [-0.2, -0.15) is 0 Å². The molecule has 12 heteroatoms. The average molecular weight is 635 g/mol. The summed E-state index contributed by atoms with van der Waals surface area (Å²) in [5.41, 5.74) is 1.69. The highest BCUT2D eigenvalue weighted by molar-refractivity contribution is 7.92. The van der Waals surface area contributed by atoms with Gasteiger partial charge in [-0.3, -0.25) is 13.9 Å². The number of amides is 2. The van der Waals surface area contributed by atoms with Crippen molar-refractivity contribution < 1.29 is 27.5 Å². The Bertz CT molecular complexity index is 1540. The summed E-state index contributed by atoms with van der Waals surface area (Å²) in [6, 6.07) is 18.0. The van der Waals surface area contributed by atoms with Crippen molar-refractivity contribution in [2.24, 2.45) is 5.92 Å². The first-order chi connectivity index (χ1) is 19.9. The summed E-state index contributed by atoms with van der Waals surface area (Å²) in [6.07, 6.45) is 1.23. The molecule has 42 heavy (non-hydrogen) atoms. The number of fused-ring (bicyclic) bond motifs is 1. The van der Waals surface area contributed by atoms with Gasteiger partial charge in [0.25, 0.3) is 0 Å². The van der Waals surface area contributed by atoms with Gasteiger partial charge in [-0.1, -0.05) is 73.4 Å². The Hall–Kier alpha value is -3.47. The first-order valence-corrected chi connectivity index (χ1v) is 15.9. The molecule has 0 aliphatic carbocycles. The van der Waals surface area contributed by atoms with Crippen LogP contribution in [-0.2, 0) is 32.6 Å². The van der Waals surface area contributed by atoms with Gasteiger partial charge in [0.05, 0.1) is 22.0 Å². The largest absolute Gasteiger partial charge is 0.454 e. The van der Waals surface area contributed by atoms with Crippen LogP contribution in [0.2, 0.25) is 10.0 Å². The summed E-state index contributed by atoms with van der Waals surface area (Å²) in [5.74, 6) is 0.0952. The van der Waals surface area contributed by atoms with Gasteiger partial charge in [-0.05, 0) is 41.3 Å². The molecule has 0 fully saturated rings. The number of benzene rings is 3. The van der Waals surface area contributed by atoms with Crippen molar-refractivity contribution in [3.8, 4) is 11.5 Å². The smallest absolute Gasteiger partial charge is 0.244 e. The zero-order valence-electron chi connectivity index (χ0n) is 23.5. The van der Waals surface area contributed by atoms with Gasteiger partial charge in [-0.25, -0.2) is 8.42 Å². The number of ether oxygens (including phenoxy) is 2. The predicted molar refractivity (Wildman–Crippen MR) is 164 cm³/mol. The van der Waals surface area contributed by atoms with E-state index in [4.69, 9.17) is 32.7 Å². The molecule has 1 atom stereocenters. The number of nitrogens with one attached hydrogen (secondary N) is 1. The normalized spacial score (nSPS) is 13.1. The lowest BCUT2D eigenvalue weighted by Crippen LogP contribution is -2.53. The van der Waals surface area contributed by atoms with Crippen molar-refractivity contribution >= 4 is 50.7 Å². The van der Waals surface area contributed by atoms with Crippen LogP contribution < -0.4 is 19.1 Å². The van der Waals surface area contributed by atoms with Gasteiger partial charge in [0.2, 0.25) is 28.6 Å². The summed E-state index contributed by atoms with van der Waals surface area (Å²) < 4.78 is 37.7. The number of carbonyl (C=O) groups excluding carboxylic acids is 2. The van der Waals surface area contributed by atoms with E-state index in [0.29, 0.717) is 33.7 Å². The molecule has 224 valence electrons. The molecule has 1 unspecified atom stereocenters. The fraction of sp³-hybridized carbons (Fsp3) is 0.333. The van der Waals surface area contributed by atoms with E-state index in [1.54, 1.807) is 30.3 Å². The highest BCUT2D eigenvalue weighted by atomic mass is 35.5. The molecule has 1 aliphatic rings. The number of hydrogen-bond acceptors (Lipinski definition) is 6. The molecular weight excluding hydrogens is 601 g/mol. The second kappa shape index (κ2) is 13.7. The Kier molecular flexibility index (Phi) is 10.2. The molecule has 0 spiro atoms. The minimum absolute atomic E-state index is 0.0128. The number of anilines is 1. The maximum absolute atomic E-state index is 14.2. The predicted octanol–water partition coefficient (Wildman–Crippen LogP) is 4.90. The number of halogens is 2. The van der Waals surface area contributed by atoms with Crippen molar-refractivity contribution in [1.82, 2.24) is 10.2 Å². The fourth-order valence-electron chi connectivity index (χ4n) is 4.47. The van der Waals surface area contributed by atoms with Crippen LogP contribution in [0.3, 0.4) is 0 Å². The molecule has 3 aromatic rings. The van der Waals surface area contributed by atoms with Crippen molar-refractivity contribution in [2.75, 3.05) is 30.4 Å². The van der Waals surface area contributed by atoms with E-state index >= 15 is 0 Å². The van der Waals surface area contributed by atoms with Crippen LogP contribution in [0.25, 0.3) is 0 Å². The Morgan fingerprint density at radius 1 is 0.929 bits per heavy atom. The number of nitrogens with zero attached hydrogens (tertiary/aromatic N) is 2. The lowest BCUT2D eigenvalue weighted by atomic mass is 10.0. The quantitative estimate of drug-likeness (QED) is 0.304. The third-order valence-corrected chi connectivity index (χ3v) is 8.50. The van der Waals surface area contributed by atoms with Gasteiger partial charge in [0.15, 0.2) is 11.5 Å². The Balaban J connectivity index is 1.73. The summed E-state index contributed by atoms with van der Waals surface area (Å²) in [5, 5.41) is 3.59. The number of hydrogen-bond donors (Lipinski definition) is 1. The molecule has 0 bridgehead atoms. The van der Waals surface area contributed by atoms with Crippen LogP contribution in [0.5, 0.6) is 11.5 Å². The Morgan fingerprint density at radius 3 is 2.31 bits per heavy atom. The molecule has 4 rings (SSSR count). The minimum atomic E-state index is -3.93. The zero-order chi connectivity index (χ0) is 30.4. The van der Waals surface area contributed by atoms with Crippen molar-refractivity contribution in [3.05, 3.63) is 87.9 Å². The monoisotopic (exact) mass is 633 g/mol. The highest BCUT2D eigenvalue weighted by Crippen LogP contribution is 2.36. The second-order valence-electron chi connectivity index (χ2n) is 10.4. The molecule has 1 N–H and O–H groups in total. The molecule has 3 aromatic carbocycles. The van der Waals surface area contributed by atoms with Gasteiger partial charge in [-0.15, -0.1) is 0 Å². The maximum Gasteiger partial charge on any atom is 0.244 e. The van der Waals surface area contributed by atoms with E-state index in [2.05, 4.69) is 5.32 Å². The third kappa shape index (κ3) is 8.08. The third-order valence-electron chi connectivity index (χ3n) is 6.62. The maximum atomic E-state index is 14.2. The minimum Gasteiger partial charge on any atom is -0.454 e. The molecule has 9 nitrogen and oxygen atoms in total. The fourth-order valence-corrected chi connectivity index (χ4v) is 5.63. The van der Waals surface area contributed by atoms with Crippen molar-refractivity contribution in [1.29, 1.82) is 0 Å². The number of carbonyl (C=O) groups is 2. The molecule has 1 aliphatic heterocycles. The number of rotatable bonds is 12. The summed E-state index contributed by atoms with van der Waals surface area (Å²) >= 11 is 12.4. The molecule has 0 saturated heterocycles. The average Bonchev–Trinajstić information content (AvgIpc) is 3.42. The Morgan fingerprint density at radius 2 is 1.64 bits per heavy atom. The van der Waals surface area contributed by atoms with Crippen LogP contribution in [0.1, 0.15) is 25.0 Å². The summed E-state index contributed by atoms with van der Waals surface area (Å²) in [4.78, 5) is 29.2. The number of sulfonamides is 1. The second-order valence-corrected chi connectivity index (χ2v) is 13.1. The van der Waals surface area contributed by atoms with E-state index in [9.17, 15) is 18.0 Å². The lowest BCUT2D eigenvalue weighted by Gasteiger charge is -2.33. The first-order valence-electron chi connectivity index (χ1n) is 13.3. The van der Waals surface area contributed by atoms with E-state index in [-0.39, 0.29) is 37.3 Å². The van der Waals surface area contributed by atoms with Gasteiger partial charge >= 0.3 is 0 Å². The molecular formula is C30H33Cl2N3O6S. The first kappa shape index (κ1) is 31.5. The standard InChI is InChI=1S/C30H33Cl2N3O6S/c1-20(2)16-33-30(37)26(14-21-7-5-4-6-8-21)34(17-22-9-11-24(31)25(32)13-22)29(36)18-35(42(3,38)39)23-10-12-27-28(15-23)41-19-40-27/h4-13,15,20,26H,14,16-19H2,1-3H3,(H,33,37). The summed E-state index contributed by atoms with van der Waals surface area (Å²) in [6.45, 7) is 3.80. The van der Waals surface area contributed by atoms with Crippen LogP contribution in [0.15, 0.2) is 66.7 Å². The molecule has 0 radical (unpaired) electrons. The zero-order valence-corrected chi connectivity index (χ0v) is 25.9.